The highest BCUT2D eigenvalue weighted by Crippen LogP contribution is 2.27. The van der Waals surface area contributed by atoms with Crippen molar-refractivity contribution in [1.82, 2.24) is 4.57 Å². The Morgan fingerprint density at radius 3 is 2.86 bits per heavy atom. The summed E-state index contributed by atoms with van der Waals surface area (Å²) in [5.41, 5.74) is 2.73. The summed E-state index contributed by atoms with van der Waals surface area (Å²) in [7, 11) is 1.66. The second-order valence-corrected chi connectivity index (χ2v) is 5.26. The Labute approximate surface area is 124 Å². The van der Waals surface area contributed by atoms with Crippen molar-refractivity contribution in [1.29, 1.82) is 0 Å². The lowest BCUT2D eigenvalue weighted by Crippen LogP contribution is -2.10. The SMILES string of the molecule is CCCn1c(C(=O)C2=CC=CC2)cc2cc(OC)ccc21. The number of allylic oxidation sites excluding steroid dienone is 4. The van der Waals surface area contributed by atoms with Gasteiger partial charge in [0.05, 0.1) is 12.8 Å². The number of ketones is 1. The fourth-order valence-electron chi connectivity index (χ4n) is 2.81. The number of benzene rings is 1. The minimum atomic E-state index is 0.128. The highest BCUT2D eigenvalue weighted by molar-refractivity contribution is 6.11. The number of nitrogens with zero attached hydrogens (tertiary/aromatic N) is 1. The average Bonchev–Trinajstić information content (AvgIpc) is 3.14. The Bertz CT molecular complexity index is 750. The molecule has 1 aliphatic rings. The third-order valence-corrected chi connectivity index (χ3v) is 3.85. The summed E-state index contributed by atoms with van der Waals surface area (Å²) in [5, 5.41) is 1.05. The summed E-state index contributed by atoms with van der Waals surface area (Å²) in [6, 6.07) is 7.94. The molecular formula is C18H19NO2. The first kappa shape index (κ1) is 13.7. The molecular weight excluding hydrogens is 262 g/mol. The van der Waals surface area contributed by atoms with Crippen molar-refractivity contribution in [2.75, 3.05) is 7.11 Å². The van der Waals surface area contributed by atoms with E-state index in [4.69, 9.17) is 4.74 Å². The first-order valence-electron chi connectivity index (χ1n) is 7.32. The molecule has 21 heavy (non-hydrogen) atoms. The van der Waals surface area contributed by atoms with E-state index in [1.165, 1.54) is 0 Å². The van der Waals surface area contributed by atoms with Gasteiger partial charge < -0.3 is 9.30 Å². The van der Waals surface area contributed by atoms with E-state index < -0.39 is 0 Å². The molecule has 0 unspecified atom stereocenters. The summed E-state index contributed by atoms with van der Waals surface area (Å²) in [4.78, 5) is 12.7. The highest BCUT2D eigenvalue weighted by Gasteiger charge is 2.19. The Kier molecular flexibility index (Phi) is 3.65. The fraction of sp³-hybridized carbons (Fsp3) is 0.278. The molecule has 0 amide bonds. The number of carbonyl (C=O) groups is 1. The van der Waals surface area contributed by atoms with Crippen molar-refractivity contribution >= 4 is 16.7 Å². The van der Waals surface area contributed by atoms with E-state index in [0.717, 1.165) is 47.3 Å². The van der Waals surface area contributed by atoms with Crippen LogP contribution in [0.5, 0.6) is 5.75 Å². The van der Waals surface area contributed by atoms with Crippen LogP contribution in [0, 0.1) is 0 Å². The number of aryl methyl sites for hydroxylation is 1. The largest absolute Gasteiger partial charge is 0.497 e. The van der Waals surface area contributed by atoms with Crippen LogP contribution in [0.4, 0.5) is 0 Å². The third kappa shape index (κ3) is 2.40. The zero-order valence-electron chi connectivity index (χ0n) is 12.4. The van der Waals surface area contributed by atoms with Gasteiger partial charge in [0.25, 0.3) is 0 Å². The van der Waals surface area contributed by atoms with Crippen LogP contribution in [-0.4, -0.2) is 17.5 Å². The summed E-state index contributed by atoms with van der Waals surface area (Å²) in [6.45, 7) is 2.97. The second kappa shape index (κ2) is 5.60. The van der Waals surface area contributed by atoms with Gasteiger partial charge in [-0.2, -0.15) is 0 Å². The van der Waals surface area contributed by atoms with Crippen LogP contribution in [0.15, 0.2) is 48.1 Å². The molecule has 0 N–H and O–H groups in total. The van der Waals surface area contributed by atoms with Crippen molar-refractivity contribution in [3.63, 3.8) is 0 Å². The monoisotopic (exact) mass is 281 g/mol. The maximum absolute atomic E-state index is 12.7. The molecule has 2 aromatic rings. The molecule has 1 aromatic heterocycles. The van der Waals surface area contributed by atoms with Gasteiger partial charge in [0.1, 0.15) is 5.75 Å². The lowest BCUT2D eigenvalue weighted by Gasteiger charge is -2.09. The number of hydrogen-bond donors (Lipinski definition) is 0. The van der Waals surface area contributed by atoms with Crippen LogP contribution in [-0.2, 0) is 6.54 Å². The number of carbonyl (C=O) groups excluding carboxylic acids is 1. The van der Waals surface area contributed by atoms with Crippen molar-refractivity contribution in [2.24, 2.45) is 0 Å². The molecule has 1 heterocycles. The summed E-state index contributed by atoms with van der Waals surface area (Å²) < 4.78 is 7.40. The minimum Gasteiger partial charge on any atom is -0.497 e. The molecule has 0 saturated heterocycles. The molecule has 3 nitrogen and oxygen atoms in total. The summed E-state index contributed by atoms with van der Waals surface area (Å²) in [6.07, 6.45) is 7.60. The van der Waals surface area contributed by atoms with Gasteiger partial charge in [-0.25, -0.2) is 0 Å². The molecule has 3 rings (SSSR count). The molecule has 1 aliphatic carbocycles. The van der Waals surface area contributed by atoms with Crippen molar-refractivity contribution in [2.45, 2.75) is 26.3 Å². The third-order valence-electron chi connectivity index (χ3n) is 3.85. The summed E-state index contributed by atoms with van der Waals surface area (Å²) >= 11 is 0. The van der Waals surface area contributed by atoms with E-state index in [9.17, 15) is 4.79 Å². The second-order valence-electron chi connectivity index (χ2n) is 5.26. The van der Waals surface area contributed by atoms with Crippen LogP contribution < -0.4 is 4.74 Å². The van der Waals surface area contributed by atoms with Gasteiger partial charge >= 0.3 is 0 Å². The van der Waals surface area contributed by atoms with Gasteiger partial charge in [-0.3, -0.25) is 4.79 Å². The minimum absolute atomic E-state index is 0.128. The Balaban J connectivity index is 2.11. The number of Topliss-reactive ketones (excluding diaryl/α,β-unsaturated/α-hetero) is 1. The number of rotatable bonds is 5. The standard InChI is InChI=1S/C18H19NO2/c1-3-10-19-16-9-8-15(21-2)11-14(16)12-17(19)18(20)13-6-4-5-7-13/h4-6,8-9,11-12H,3,7,10H2,1-2H3. The van der Waals surface area contributed by atoms with Gasteiger partial charge in [0.15, 0.2) is 0 Å². The molecule has 0 aliphatic heterocycles. The van der Waals surface area contributed by atoms with E-state index in [2.05, 4.69) is 11.5 Å². The smallest absolute Gasteiger partial charge is 0.205 e. The van der Waals surface area contributed by atoms with E-state index in [-0.39, 0.29) is 5.78 Å². The predicted molar refractivity (Wildman–Crippen MR) is 85.0 cm³/mol. The van der Waals surface area contributed by atoms with E-state index in [1.54, 1.807) is 7.11 Å². The van der Waals surface area contributed by atoms with Crippen molar-refractivity contribution < 1.29 is 9.53 Å². The molecule has 0 bridgehead atoms. The first-order valence-corrected chi connectivity index (χ1v) is 7.32. The van der Waals surface area contributed by atoms with E-state index in [1.807, 2.05) is 42.5 Å². The van der Waals surface area contributed by atoms with Crippen molar-refractivity contribution in [3.8, 4) is 5.75 Å². The predicted octanol–water partition coefficient (Wildman–Crippen LogP) is 4.13. The van der Waals surface area contributed by atoms with Gasteiger partial charge in [-0.05, 0) is 37.1 Å². The van der Waals surface area contributed by atoms with Gasteiger partial charge in [0, 0.05) is 23.0 Å². The highest BCUT2D eigenvalue weighted by atomic mass is 16.5. The lowest BCUT2D eigenvalue weighted by molar-refractivity contribution is 0.102. The number of fused-ring (bicyclic) bond motifs is 1. The Morgan fingerprint density at radius 1 is 1.33 bits per heavy atom. The van der Waals surface area contributed by atoms with Gasteiger partial charge in [-0.15, -0.1) is 0 Å². The van der Waals surface area contributed by atoms with Crippen molar-refractivity contribution in [3.05, 3.63) is 53.8 Å². The molecule has 108 valence electrons. The summed E-state index contributed by atoms with van der Waals surface area (Å²) in [5.74, 6) is 0.945. The molecule has 0 saturated carbocycles. The molecule has 1 aromatic carbocycles. The van der Waals surface area contributed by atoms with Crippen LogP contribution in [0.3, 0.4) is 0 Å². The first-order chi connectivity index (χ1) is 10.2. The number of hydrogen-bond acceptors (Lipinski definition) is 2. The number of aromatic nitrogens is 1. The number of ether oxygens (including phenoxy) is 1. The molecule has 0 spiro atoms. The molecule has 0 fully saturated rings. The Hall–Kier alpha value is -2.29. The fourth-order valence-corrected chi connectivity index (χ4v) is 2.81. The number of methoxy groups -OCH3 is 1. The van der Waals surface area contributed by atoms with Crippen LogP contribution in [0.1, 0.15) is 30.3 Å². The zero-order valence-corrected chi connectivity index (χ0v) is 12.4. The normalized spacial score (nSPS) is 13.7. The quantitative estimate of drug-likeness (QED) is 0.772. The Morgan fingerprint density at radius 2 is 2.19 bits per heavy atom. The topological polar surface area (TPSA) is 31.2 Å². The maximum atomic E-state index is 12.7. The van der Waals surface area contributed by atoms with Crippen LogP contribution >= 0.6 is 0 Å². The van der Waals surface area contributed by atoms with E-state index >= 15 is 0 Å². The van der Waals surface area contributed by atoms with Gasteiger partial charge in [-0.1, -0.05) is 25.2 Å². The maximum Gasteiger partial charge on any atom is 0.205 e. The molecule has 3 heteroatoms. The van der Waals surface area contributed by atoms with Crippen LogP contribution in [0.2, 0.25) is 0 Å². The average molecular weight is 281 g/mol. The molecule has 0 atom stereocenters. The zero-order chi connectivity index (χ0) is 14.8. The van der Waals surface area contributed by atoms with Gasteiger partial charge in [0.2, 0.25) is 5.78 Å². The van der Waals surface area contributed by atoms with E-state index in [0.29, 0.717) is 0 Å². The van der Waals surface area contributed by atoms with Crippen LogP contribution in [0.25, 0.3) is 10.9 Å². The molecule has 0 radical (unpaired) electrons. The lowest BCUT2D eigenvalue weighted by atomic mass is 10.1.